The molecule has 8 nitrogen and oxygen atoms in total. The fourth-order valence-corrected chi connectivity index (χ4v) is 6.81. The molecule has 9 heteroatoms. The monoisotopic (exact) mass is 675 g/mol. The van der Waals surface area contributed by atoms with Crippen molar-refractivity contribution in [2.75, 3.05) is 38.8 Å². The first-order valence-electron chi connectivity index (χ1n) is 16.9. The first kappa shape index (κ1) is 37.2. The van der Waals surface area contributed by atoms with E-state index in [4.69, 9.17) is 18.7 Å². The summed E-state index contributed by atoms with van der Waals surface area (Å²) in [6.07, 6.45) is 4.14. The summed E-state index contributed by atoms with van der Waals surface area (Å²) < 4.78 is 37.1. The first-order chi connectivity index (χ1) is 23.5. The largest absolute Gasteiger partial charge is 0.491 e. The summed E-state index contributed by atoms with van der Waals surface area (Å²) in [7, 11) is -2.92. The maximum absolute atomic E-state index is 13.6. The van der Waals surface area contributed by atoms with Gasteiger partial charge in [0.15, 0.2) is 6.35 Å². The van der Waals surface area contributed by atoms with Crippen LogP contribution in [0.15, 0.2) is 103 Å². The maximum atomic E-state index is 13.6. The zero-order chi connectivity index (χ0) is 33.9. The van der Waals surface area contributed by atoms with E-state index < -0.39 is 13.5 Å². The molecule has 0 aliphatic rings. The molecule has 3 N–H and O–H groups in total. The lowest BCUT2D eigenvalue weighted by molar-refractivity contribution is 0.106. The van der Waals surface area contributed by atoms with Gasteiger partial charge in [0.2, 0.25) is 7.37 Å². The van der Waals surface area contributed by atoms with Crippen LogP contribution in [0.2, 0.25) is 0 Å². The van der Waals surface area contributed by atoms with Crippen molar-refractivity contribution in [3.05, 3.63) is 125 Å². The number of nitrogens with one attached hydrogen (secondary N) is 1. The summed E-state index contributed by atoms with van der Waals surface area (Å²) >= 11 is 0. The molecule has 0 amide bonds. The molecule has 1 unspecified atom stereocenters. The number of benzene rings is 4. The third kappa shape index (κ3) is 13.5. The van der Waals surface area contributed by atoms with E-state index in [-0.39, 0.29) is 19.6 Å². The minimum absolute atomic E-state index is 0.0693. The van der Waals surface area contributed by atoms with Crippen molar-refractivity contribution in [2.45, 2.75) is 58.3 Å². The highest BCUT2D eigenvalue weighted by Crippen LogP contribution is 2.48. The summed E-state index contributed by atoms with van der Waals surface area (Å²) in [4.78, 5) is 0. The highest BCUT2D eigenvalue weighted by Gasteiger charge is 2.24. The fourth-order valence-electron chi connectivity index (χ4n) is 5.03. The van der Waals surface area contributed by atoms with Crippen LogP contribution in [0.1, 0.15) is 48.4 Å². The Bertz CT molecular complexity index is 1500. The average Bonchev–Trinajstić information content (AvgIpc) is 3.12. The van der Waals surface area contributed by atoms with E-state index >= 15 is 0 Å². The van der Waals surface area contributed by atoms with Gasteiger partial charge in [0.05, 0.1) is 13.2 Å². The van der Waals surface area contributed by atoms with Gasteiger partial charge in [0, 0.05) is 18.3 Å². The second-order valence-electron chi connectivity index (χ2n) is 11.9. The standard InChI is InChI=1S/C39H50NO7P/c1-2-3-24-47-48(43,25-10-15-32-11-6-4-7-12-32)31-46-37-18-16-33(17-19-37)22-23-40-27-36(42)30-44-38-20-21-39(35(26-38)28-41)45-29-34-13-8-5-9-14-34/h4-9,11-14,16-21,26,36,40-42H,2-3,10,15,22-25,27-31H2,1H3/t36-,48?/m0/s1. The third-order valence-electron chi connectivity index (χ3n) is 7.84. The van der Waals surface area contributed by atoms with E-state index in [1.54, 1.807) is 18.2 Å². The topological polar surface area (TPSA) is 106 Å². The van der Waals surface area contributed by atoms with Gasteiger partial charge in [-0.15, -0.1) is 0 Å². The second kappa shape index (κ2) is 20.7. The highest BCUT2D eigenvalue weighted by atomic mass is 31.2. The molecule has 0 heterocycles. The number of rotatable bonds is 23. The van der Waals surface area contributed by atoms with Crippen LogP contribution < -0.4 is 19.5 Å². The molecule has 0 saturated carbocycles. The van der Waals surface area contributed by atoms with Gasteiger partial charge in [-0.25, -0.2) is 0 Å². The van der Waals surface area contributed by atoms with Gasteiger partial charge in [0.1, 0.15) is 36.6 Å². The van der Waals surface area contributed by atoms with Gasteiger partial charge in [-0.3, -0.25) is 4.57 Å². The number of hydrogen-bond donors (Lipinski definition) is 3. The molecule has 0 saturated heterocycles. The minimum Gasteiger partial charge on any atom is -0.491 e. The summed E-state index contributed by atoms with van der Waals surface area (Å²) in [6.45, 7) is 3.98. The minimum atomic E-state index is -2.92. The zero-order valence-corrected chi connectivity index (χ0v) is 28.9. The molecule has 4 aromatic carbocycles. The Morgan fingerprint density at radius 3 is 2.17 bits per heavy atom. The second-order valence-corrected chi connectivity index (χ2v) is 14.4. The van der Waals surface area contributed by atoms with Crippen LogP contribution in [-0.2, 0) is 35.1 Å². The molecule has 2 atom stereocenters. The zero-order valence-electron chi connectivity index (χ0n) is 28.0. The van der Waals surface area contributed by atoms with E-state index in [2.05, 4.69) is 24.4 Å². The van der Waals surface area contributed by atoms with Gasteiger partial charge in [-0.05, 0) is 79.3 Å². The molecule has 0 radical (unpaired) electrons. The summed E-state index contributed by atoms with van der Waals surface area (Å²) in [5.74, 6) is 1.83. The van der Waals surface area contributed by atoms with E-state index in [0.717, 1.165) is 43.2 Å². The van der Waals surface area contributed by atoms with Gasteiger partial charge in [-0.2, -0.15) is 0 Å². The van der Waals surface area contributed by atoms with Crippen molar-refractivity contribution < 1.29 is 33.5 Å². The smallest absolute Gasteiger partial charge is 0.239 e. The molecule has 0 spiro atoms. The fraction of sp³-hybridized carbons (Fsp3) is 0.385. The van der Waals surface area contributed by atoms with Crippen molar-refractivity contribution in [3.63, 3.8) is 0 Å². The molecule has 0 aliphatic heterocycles. The van der Waals surface area contributed by atoms with Crippen LogP contribution in [-0.4, -0.2) is 55.1 Å². The Morgan fingerprint density at radius 2 is 1.46 bits per heavy atom. The average molecular weight is 676 g/mol. The predicted molar refractivity (Wildman–Crippen MR) is 191 cm³/mol. The molecule has 0 bridgehead atoms. The van der Waals surface area contributed by atoms with Crippen molar-refractivity contribution in [1.82, 2.24) is 5.32 Å². The van der Waals surface area contributed by atoms with Crippen molar-refractivity contribution in [2.24, 2.45) is 0 Å². The van der Waals surface area contributed by atoms with Crippen LogP contribution in [0.25, 0.3) is 0 Å². The van der Waals surface area contributed by atoms with Gasteiger partial charge in [0.25, 0.3) is 0 Å². The Kier molecular flexibility index (Phi) is 16.0. The van der Waals surface area contributed by atoms with Gasteiger partial charge in [-0.1, -0.05) is 86.1 Å². The Hall–Kier alpha value is -3.65. The maximum Gasteiger partial charge on any atom is 0.239 e. The van der Waals surface area contributed by atoms with Crippen LogP contribution in [0, 0.1) is 0 Å². The van der Waals surface area contributed by atoms with E-state index in [1.165, 1.54) is 5.56 Å². The number of aryl methyl sites for hydroxylation is 1. The highest BCUT2D eigenvalue weighted by molar-refractivity contribution is 7.58. The van der Waals surface area contributed by atoms with Crippen LogP contribution >= 0.6 is 7.37 Å². The van der Waals surface area contributed by atoms with Crippen molar-refractivity contribution in [1.29, 1.82) is 0 Å². The van der Waals surface area contributed by atoms with Gasteiger partial charge >= 0.3 is 0 Å². The van der Waals surface area contributed by atoms with Crippen LogP contribution in [0.5, 0.6) is 17.2 Å². The van der Waals surface area contributed by atoms with E-state index in [1.807, 2.05) is 72.8 Å². The van der Waals surface area contributed by atoms with Crippen LogP contribution in [0.3, 0.4) is 0 Å². The Morgan fingerprint density at radius 1 is 0.771 bits per heavy atom. The third-order valence-corrected chi connectivity index (χ3v) is 10.0. The molecule has 0 fully saturated rings. The van der Waals surface area contributed by atoms with Gasteiger partial charge < -0.3 is 34.3 Å². The molecule has 4 aromatic rings. The predicted octanol–water partition coefficient (Wildman–Crippen LogP) is 7.39. The summed E-state index contributed by atoms with van der Waals surface area (Å²) in [5, 5.41) is 23.5. The SMILES string of the molecule is CCCCOP(=O)(CCCc1ccccc1)COc1ccc(CCNC[C@H](O)COc2ccc(OCc3ccccc3)c(CO)c2)cc1. The summed E-state index contributed by atoms with van der Waals surface area (Å²) in [5.41, 5.74) is 4.02. The lowest BCUT2D eigenvalue weighted by atomic mass is 10.1. The number of aliphatic hydroxyl groups is 2. The number of hydrogen-bond acceptors (Lipinski definition) is 8. The molecule has 48 heavy (non-hydrogen) atoms. The molecule has 0 aromatic heterocycles. The number of aliphatic hydroxyl groups excluding tert-OH is 2. The lowest BCUT2D eigenvalue weighted by Crippen LogP contribution is -2.32. The van der Waals surface area contributed by atoms with E-state index in [0.29, 0.717) is 55.3 Å². The number of ether oxygens (including phenoxy) is 3. The lowest BCUT2D eigenvalue weighted by Gasteiger charge is -2.19. The molecule has 4 rings (SSSR count). The van der Waals surface area contributed by atoms with Crippen LogP contribution in [0.4, 0.5) is 0 Å². The number of unbranched alkanes of at least 4 members (excludes halogenated alkanes) is 1. The molecular formula is C39H50NO7P. The Balaban J connectivity index is 1.14. The van der Waals surface area contributed by atoms with Crippen molar-refractivity contribution in [3.8, 4) is 17.2 Å². The van der Waals surface area contributed by atoms with E-state index in [9.17, 15) is 14.8 Å². The molecule has 258 valence electrons. The van der Waals surface area contributed by atoms with Crippen molar-refractivity contribution >= 4 is 7.37 Å². The first-order valence-corrected chi connectivity index (χ1v) is 18.9. The molecule has 0 aliphatic carbocycles. The summed E-state index contributed by atoms with van der Waals surface area (Å²) in [6, 6.07) is 33.2. The quantitative estimate of drug-likeness (QED) is 0.0552. The Labute approximate surface area is 285 Å². The normalized spacial score (nSPS) is 13.1. The molecular weight excluding hydrogens is 625 g/mol.